The van der Waals surface area contributed by atoms with Crippen molar-refractivity contribution in [2.75, 3.05) is 31.4 Å². The Hall–Kier alpha value is -3.72. The number of hydrogen-bond acceptors (Lipinski definition) is 8. The molecule has 0 bridgehead atoms. The molecule has 0 spiro atoms. The van der Waals surface area contributed by atoms with Gasteiger partial charge in [0.1, 0.15) is 11.9 Å². The molecule has 0 saturated carbocycles. The smallest absolute Gasteiger partial charge is 0.413 e. The molecular weight excluding hydrogens is 636 g/mol. The van der Waals surface area contributed by atoms with Gasteiger partial charge in [0.15, 0.2) is 0 Å². The molecule has 3 amide bonds. The van der Waals surface area contributed by atoms with E-state index in [4.69, 9.17) is 11.6 Å². The van der Waals surface area contributed by atoms with Crippen molar-refractivity contribution in [1.82, 2.24) is 24.9 Å². The fourth-order valence-corrected chi connectivity index (χ4v) is 6.54. The minimum absolute atomic E-state index is 0.0543. The summed E-state index contributed by atoms with van der Waals surface area (Å²) in [6.07, 6.45) is -1.88. The maximum absolute atomic E-state index is 14.0. The number of alkyl halides is 1. The van der Waals surface area contributed by atoms with Crippen LogP contribution in [0.2, 0.25) is 0 Å². The molecule has 46 heavy (non-hydrogen) atoms. The summed E-state index contributed by atoms with van der Waals surface area (Å²) < 4.78 is 33.8. The predicted octanol–water partition coefficient (Wildman–Crippen LogP) is 3.25. The third-order valence-electron chi connectivity index (χ3n) is 7.10. The van der Waals surface area contributed by atoms with Gasteiger partial charge < -0.3 is 25.5 Å². The van der Waals surface area contributed by atoms with E-state index in [0.29, 0.717) is 11.0 Å². The Bertz CT molecular complexity index is 1610. The van der Waals surface area contributed by atoms with Crippen molar-refractivity contribution in [2.24, 2.45) is 11.3 Å². The molecule has 15 heteroatoms. The molecule has 0 aliphatic carbocycles. The van der Waals surface area contributed by atoms with E-state index in [1.807, 2.05) is 44.2 Å². The lowest BCUT2D eigenvalue weighted by atomic mass is 9.85. The van der Waals surface area contributed by atoms with Crippen LogP contribution in [0.4, 0.5) is 10.7 Å². The number of aliphatic hydroxyl groups is 1. The number of methoxy groups -OCH3 is 1. The summed E-state index contributed by atoms with van der Waals surface area (Å²) in [4.78, 5) is 44.4. The van der Waals surface area contributed by atoms with Gasteiger partial charge >= 0.3 is 6.09 Å². The molecule has 1 heterocycles. The van der Waals surface area contributed by atoms with Gasteiger partial charge in [-0.25, -0.2) is 18.2 Å². The van der Waals surface area contributed by atoms with Crippen molar-refractivity contribution in [1.29, 1.82) is 0 Å². The molecule has 0 aliphatic heterocycles. The predicted molar refractivity (Wildman–Crippen MR) is 176 cm³/mol. The van der Waals surface area contributed by atoms with Gasteiger partial charge in [-0.3, -0.25) is 14.9 Å². The summed E-state index contributed by atoms with van der Waals surface area (Å²) in [5.41, 5.74) is 0.891. The van der Waals surface area contributed by atoms with Crippen LogP contribution in [0.3, 0.4) is 0 Å². The van der Waals surface area contributed by atoms with Crippen LogP contribution in [0.5, 0.6) is 0 Å². The van der Waals surface area contributed by atoms with Gasteiger partial charge in [-0.2, -0.15) is 4.31 Å². The molecule has 252 valence electrons. The zero-order valence-corrected chi connectivity index (χ0v) is 28.4. The Morgan fingerprint density at radius 3 is 2.33 bits per heavy atom. The highest BCUT2D eigenvalue weighted by Crippen LogP contribution is 2.24. The van der Waals surface area contributed by atoms with Crippen LogP contribution in [0.15, 0.2) is 53.4 Å². The van der Waals surface area contributed by atoms with Crippen LogP contribution < -0.4 is 16.0 Å². The van der Waals surface area contributed by atoms with Gasteiger partial charge in [0.2, 0.25) is 27.8 Å². The first kappa shape index (κ1) is 36.7. The SMILES string of the molecule is COC(=O)Nc1nc2ccc(S(=O)(=O)N(CC(C)C)C[C@@H](O)[C@H](Cc3ccccc3)NC(=O)[C@@H](NC(=O)CCl)C(C)(C)C)cc2[nH]1. The molecule has 0 radical (unpaired) electrons. The number of amides is 3. The topological polar surface area (TPSA) is 183 Å². The maximum Gasteiger partial charge on any atom is 0.413 e. The van der Waals surface area contributed by atoms with Crippen LogP contribution in [0.25, 0.3) is 11.0 Å². The van der Waals surface area contributed by atoms with Crippen molar-refractivity contribution in [3.8, 4) is 0 Å². The van der Waals surface area contributed by atoms with Crippen molar-refractivity contribution < 1.29 is 32.6 Å². The van der Waals surface area contributed by atoms with E-state index in [2.05, 4.69) is 30.7 Å². The lowest BCUT2D eigenvalue weighted by Crippen LogP contribution is -2.59. The lowest BCUT2D eigenvalue weighted by Gasteiger charge is -2.34. The van der Waals surface area contributed by atoms with E-state index in [9.17, 15) is 27.9 Å². The highest BCUT2D eigenvalue weighted by atomic mass is 35.5. The summed E-state index contributed by atoms with van der Waals surface area (Å²) in [6, 6.07) is 11.6. The number of aromatic nitrogens is 2. The number of fused-ring (bicyclic) bond motifs is 1. The number of H-pyrrole nitrogens is 1. The van der Waals surface area contributed by atoms with Gasteiger partial charge in [0.25, 0.3) is 0 Å². The Balaban J connectivity index is 1.94. The number of nitrogens with zero attached hydrogens (tertiary/aromatic N) is 2. The second-order valence-electron chi connectivity index (χ2n) is 12.5. The monoisotopic (exact) mass is 678 g/mol. The van der Waals surface area contributed by atoms with Gasteiger partial charge in [0.05, 0.1) is 35.2 Å². The summed E-state index contributed by atoms with van der Waals surface area (Å²) in [7, 11) is -2.96. The number of hydrogen-bond donors (Lipinski definition) is 5. The highest BCUT2D eigenvalue weighted by Gasteiger charge is 2.36. The van der Waals surface area contributed by atoms with Crippen molar-refractivity contribution >= 4 is 56.5 Å². The average Bonchev–Trinajstić information content (AvgIpc) is 3.40. The fourth-order valence-electron chi connectivity index (χ4n) is 4.81. The Labute approximate surface area is 274 Å². The van der Waals surface area contributed by atoms with Gasteiger partial charge in [-0.05, 0) is 41.5 Å². The molecule has 0 aliphatic rings. The average molecular weight is 679 g/mol. The number of carbonyl (C=O) groups excluding carboxylic acids is 3. The van der Waals surface area contributed by atoms with E-state index in [-0.39, 0.29) is 42.2 Å². The molecule has 3 rings (SSSR count). The second kappa shape index (κ2) is 15.7. The number of benzene rings is 2. The molecule has 3 aromatic rings. The van der Waals surface area contributed by atoms with Gasteiger partial charge in [-0.15, -0.1) is 11.6 Å². The van der Waals surface area contributed by atoms with Crippen LogP contribution in [-0.4, -0.2) is 90.0 Å². The maximum atomic E-state index is 14.0. The first-order valence-electron chi connectivity index (χ1n) is 14.8. The highest BCUT2D eigenvalue weighted by molar-refractivity contribution is 7.89. The third-order valence-corrected chi connectivity index (χ3v) is 9.17. The van der Waals surface area contributed by atoms with Crippen molar-refractivity contribution in [3.63, 3.8) is 0 Å². The molecule has 13 nitrogen and oxygen atoms in total. The number of ether oxygens (including phenoxy) is 1. The van der Waals surface area contributed by atoms with Crippen molar-refractivity contribution in [3.05, 3.63) is 54.1 Å². The first-order valence-corrected chi connectivity index (χ1v) is 16.7. The van der Waals surface area contributed by atoms with Crippen molar-refractivity contribution in [2.45, 2.75) is 64.1 Å². The summed E-state index contributed by atoms with van der Waals surface area (Å²) in [6.45, 7) is 8.83. The largest absolute Gasteiger partial charge is 0.453 e. The van der Waals surface area contributed by atoms with E-state index in [1.165, 1.54) is 29.6 Å². The number of halogens is 1. The molecule has 1 aromatic heterocycles. The molecule has 3 atom stereocenters. The number of sulfonamides is 1. The number of aliphatic hydroxyl groups excluding tert-OH is 1. The van der Waals surface area contributed by atoms with E-state index in [1.54, 1.807) is 20.8 Å². The fraction of sp³-hybridized carbons (Fsp3) is 0.484. The minimum Gasteiger partial charge on any atom is -0.453 e. The number of imidazole rings is 1. The Morgan fingerprint density at radius 2 is 1.74 bits per heavy atom. The number of carbonyl (C=O) groups is 3. The number of rotatable bonds is 14. The molecule has 5 N–H and O–H groups in total. The Morgan fingerprint density at radius 1 is 1.07 bits per heavy atom. The van der Waals surface area contributed by atoms with Crippen LogP contribution in [0, 0.1) is 11.3 Å². The summed E-state index contributed by atoms with van der Waals surface area (Å²) in [5.74, 6) is -1.40. The van der Waals surface area contributed by atoms with Crippen LogP contribution in [-0.2, 0) is 30.8 Å². The molecule has 0 saturated heterocycles. The van der Waals surface area contributed by atoms with Gasteiger partial charge in [-0.1, -0.05) is 65.0 Å². The summed E-state index contributed by atoms with van der Waals surface area (Å²) in [5, 5.41) is 19.5. The number of aromatic amines is 1. The normalized spacial score (nSPS) is 14.1. The standard InChI is InChI=1S/C31H43ClN6O7S/c1-19(2)17-38(46(43,44)21-12-13-22-23(15-21)35-29(34-22)37-30(42)45-6)18-25(39)24(14-20-10-8-7-9-11-20)33-28(41)27(31(3,4)5)36-26(40)16-32/h7-13,15,19,24-25,27,39H,14,16-18H2,1-6H3,(H,33,41)(H,36,40)(H2,34,35,37,42)/t24-,25+,27+/m0/s1. The molecular formula is C31H43ClN6O7S. The molecule has 0 unspecified atom stereocenters. The molecule has 0 fully saturated rings. The quantitative estimate of drug-likeness (QED) is 0.161. The van der Waals surface area contributed by atoms with Gasteiger partial charge in [0, 0.05) is 13.1 Å². The Kier molecular flexibility index (Phi) is 12.6. The summed E-state index contributed by atoms with van der Waals surface area (Å²) >= 11 is 5.69. The molecule has 2 aromatic carbocycles. The zero-order chi connectivity index (χ0) is 34.2. The third kappa shape index (κ3) is 9.89. The number of anilines is 1. The van der Waals surface area contributed by atoms with Crippen LogP contribution >= 0.6 is 11.6 Å². The van der Waals surface area contributed by atoms with E-state index in [0.717, 1.165) is 5.56 Å². The number of nitrogens with one attached hydrogen (secondary N) is 4. The lowest BCUT2D eigenvalue weighted by molar-refractivity contribution is -0.131. The second-order valence-corrected chi connectivity index (χ2v) is 14.7. The zero-order valence-electron chi connectivity index (χ0n) is 26.8. The van der Waals surface area contributed by atoms with E-state index < -0.39 is 51.5 Å². The first-order chi connectivity index (χ1) is 21.5. The van der Waals surface area contributed by atoms with Crippen LogP contribution in [0.1, 0.15) is 40.2 Å². The minimum atomic E-state index is -4.17. The van der Waals surface area contributed by atoms with E-state index >= 15 is 0 Å².